The molecule has 0 unspecified atom stereocenters. The van der Waals surface area contributed by atoms with Crippen LogP contribution in [0.1, 0.15) is 30.4 Å². The summed E-state index contributed by atoms with van der Waals surface area (Å²) < 4.78 is 0. The maximum Gasteiger partial charge on any atom is 0.191 e. The van der Waals surface area contributed by atoms with E-state index in [9.17, 15) is 0 Å². The molecule has 0 radical (unpaired) electrons. The Hall–Kier alpha value is -1.20. The van der Waals surface area contributed by atoms with Crippen LogP contribution in [0.25, 0.3) is 0 Å². The highest BCUT2D eigenvalue weighted by atomic mass is 32.2. The van der Waals surface area contributed by atoms with Crippen LogP contribution in [-0.4, -0.2) is 53.4 Å². The predicted molar refractivity (Wildman–Crippen MR) is 99.8 cm³/mol. The van der Waals surface area contributed by atoms with Gasteiger partial charge in [-0.15, -0.1) is 0 Å². The lowest BCUT2D eigenvalue weighted by molar-refractivity contribution is 0.220. The Morgan fingerprint density at radius 1 is 1.00 bits per heavy atom. The first-order chi connectivity index (χ1) is 11.3. The molecule has 2 aliphatic rings. The molecule has 126 valence electrons. The molecule has 2 heterocycles. The van der Waals surface area contributed by atoms with Gasteiger partial charge in [-0.1, -0.05) is 30.7 Å². The van der Waals surface area contributed by atoms with Crippen LogP contribution < -0.4 is 5.73 Å². The average Bonchev–Trinajstić information content (AvgIpc) is 2.62. The van der Waals surface area contributed by atoms with Crippen molar-refractivity contribution < 1.29 is 0 Å². The third kappa shape index (κ3) is 4.88. The minimum atomic E-state index is 0.694. The van der Waals surface area contributed by atoms with E-state index in [4.69, 9.17) is 5.73 Å². The second kappa shape index (κ2) is 8.60. The fraction of sp³-hybridized carbons (Fsp3) is 0.611. The first-order valence-electron chi connectivity index (χ1n) is 8.75. The van der Waals surface area contributed by atoms with Crippen LogP contribution in [0.15, 0.2) is 29.3 Å². The normalized spacial score (nSPS) is 20.7. The van der Waals surface area contributed by atoms with Crippen LogP contribution in [0.5, 0.6) is 0 Å². The lowest BCUT2D eigenvalue weighted by Crippen LogP contribution is -2.42. The lowest BCUT2D eigenvalue weighted by Gasteiger charge is -2.28. The quantitative estimate of drug-likeness (QED) is 0.680. The van der Waals surface area contributed by atoms with Gasteiger partial charge >= 0.3 is 0 Å². The fourth-order valence-corrected chi connectivity index (χ4v) is 4.19. The minimum absolute atomic E-state index is 0.694. The smallest absolute Gasteiger partial charge is 0.191 e. The van der Waals surface area contributed by atoms with E-state index in [0.717, 1.165) is 31.1 Å². The van der Waals surface area contributed by atoms with E-state index >= 15 is 0 Å². The summed E-state index contributed by atoms with van der Waals surface area (Å²) in [7, 11) is 0. The van der Waals surface area contributed by atoms with Crippen LogP contribution in [-0.2, 0) is 13.1 Å². The summed E-state index contributed by atoms with van der Waals surface area (Å²) in [5.74, 6) is 3.02. The summed E-state index contributed by atoms with van der Waals surface area (Å²) in [5.41, 5.74) is 8.90. The molecule has 3 rings (SSSR count). The van der Waals surface area contributed by atoms with Crippen LogP contribution in [0.2, 0.25) is 0 Å². The molecule has 23 heavy (non-hydrogen) atoms. The van der Waals surface area contributed by atoms with Gasteiger partial charge in [-0.25, -0.2) is 4.99 Å². The van der Waals surface area contributed by atoms with E-state index in [1.54, 1.807) is 0 Å². The molecule has 0 amide bonds. The van der Waals surface area contributed by atoms with E-state index in [-0.39, 0.29) is 0 Å². The summed E-state index contributed by atoms with van der Waals surface area (Å²) in [4.78, 5) is 9.44. The Balaban J connectivity index is 1.62. The van der Waals surface area contributed by atoms with E-state index in [0.29, 0.717) is 12.5 Å². The lowest BCUT2D eigenvalue weighted by atomic mass is 10.1. The highest BCUT2D eigenvalue weighted by molar-refractivity contribution is 7.99. The summed E-state index contributed by atoms with van der Waals surface area (Å²) in [6.45, 7) is 6.24. The molecule has 2 aliphatic heterocycles. The van der Waals surface area contributed by atoms with Gasteiger partial charge in [-0.3, -0.25) is 4.90 Å². The maximum atomic E-state index is 6.19. The number of piperidine rings is 1. The molecule has 2 N–H and O–H groups in total. The van der Waals surface area contributed by atoms with Crippen molar-refractivity contribution in [3.05, 3.63) is 35.4 Å². The minimum Gasteiger partial charge on any atom is -0.370 e. The van der Waals surface area contributed by atoms with Crippen molar-refractivity contribution in [3.63, 3.8) is 0 Å². The van der Waals surface area contributed by atoms with Crippen LogP contribution in [0, 0.1) is 0 Å². The van der Waals surface area contributed by atoms with Gasteiger partial charge < -0.3 is 10.6 Å². The highest BCUT2D eigenvalue weighted by Crippen LogP contribution is 2.17. The van der Waals surface area contributed by atoms with E-state index < -0.39 is 0 Å². The zero-order valence-corrected chi connectivity index (χ0v) is 14.7. The topological polar surface area (TPSA) is 44.9 Å². The third-order valence-electron chi connectivity index (χ3n) is 4.71. The van der Waals surface area contributed by atoms with E-state index in [2.05, 4.69) is 39.1 Å². The number of guanidine groups is 1. The number of rotatable bonds is 4. The van der Waals surface area contributed by atoms with Crippen molar-refractivity contribution >= 4 is 17.7 Å². The van der Waals surface area contributed by atoms with Gasteiger partial charge in [0.2, 0.25) is 0 Å². The van der Waals surface area contributed by atoms with Gasteiger partial charge in [0.25, 0.3) is 0 Å². The van der Waals surface area contributed by atoms with Crippen LogP contribution >= 0.6 is 11.8 Å². The van der Waals surface area contributed by atoms with Gasteiger partial charge in [0, 0.05) is 31.1 Å². The number of thioether (sulfide) groups is 1. The molecule has 1 aromatic carbocycles. The predicted octanol–water partition coefficient (Wildman–Crippen LogP) is 2.54. The van der Waals surface area contributed by atoms with Crippen molar-refractivity contribution in [2.75, 3.05) is 37.7 Å². The number of likely N-dealkylation sites (tertiary alicyclic amines) is 1. The largest absolute Gasteiger partial charge is 0.370 e. The Morgan fingerprint density at radius 2 is 1.70 bits per heavy atom. The molecule has 2 fully saturated rings. The monoisotopic (exact) mass is 332 g/mol. The maximum absolute atomic E-state index is 6.19. The SMILES string of the molecule is NC(=NCc1ccccc1CN1CCCCC1)N1CCSCC1. The molecule has 0 spiro atoms. The van der Waals surface area contributed by atoms with E-state index in [1.807, 2.05) is 11.8 Å². The molecule has 0 atom stereocenters. The molecule has 5 heteroatoms. The molecule has 0 saturated carbocycles. The van der Waals surface area contributed by atoms with Gasteiger partial charge in [-0.05, 0) is 37.1 Å². The van der Waals surface area contributed by atoms with Crippen LogP contribution in [0.4, 0.5) is 0 Å². The third-order valence-corrected chi connectivity index (χ3v) is 5.65. The fourth-order valence-electron chi connectivity index (χ4n) is 3.28. The van der Waals surface area contributed by atoms with E-state index in [1.165, 1.54) is 43.5 Å². The number of hydrogen-bond acceptors (Lipinski definition) is 3. The molecule has 2 saturated heterocycles. The van der Waals surface area contributed by atoms with Gasteiger partial charge in [-0.2, -0.15) is 11.8 Å². The summed E-state index contributed by atoms with van der Waals surface area (Å²) >= 11 is 1.99. The zero-order valence-electron chi connectivity index (χ0n) is 13.9. The number of benzene rings is 1. The number of aliphatic imine (C=N–C) groups is 1. The first-order valence-corrected chi connectivity index (χ1v) is 9.90. The molecular weight excluding hydrogens is 304 g/mol. The highest BCUT2D eigenvalue weighted by Gasteiger charge is 2.14. The molecular formula is C18H28N4S. The molecule has 1 aromatic rings. The Kier molecular flexibility index (Phi) is 6.22. The Labute approximate surface area is 144 Å². The summed E-state index contributed by atoms with van der Waals surface area (Å²) in [5, 5.41) is 0. The Morgan fingerprint density at radius 3 is 2.43 bits per heavy atom. The standard InChI is InChI=1S/C18H28N4S/c19-18(22-10-12-23-13-11-22)20-14-16-6-2-3-7-17(16)15-21-8-4-1-5-9-21/h2-3,6-7H,1,4-5,8-15H2,(H2,19,20). The van der Waals surface area contributed by atoms with Gasteiger partial charge in [0.1, 0.15) is 0 Å². The average molecular weight is 333 g/mol. The first kappa shape index (κ1) is 16.7. The van der Waals surface area contributed by atoms with Crippen molar-refractivity contribution in [2.45, 2.75) is 32.4 Å². The number of nitrogens with two attached hydrogens (primary N) is 1. The van der Waals surface area contributed by atoms with Crippen molar-refractivity contribution in [2.24, 2.45) is 10.7 Å². The van der Waals surface area contributed by atoms with Gasteiger partial charge in [0.15, 0.2) is 5.96 Å². The summed E-state index contributed by atoms with van der Waals surface area (Å²) in [6.07, 6.45) is 4.05. The van der Waals surface area contributed by atoms with Crippen LogP contribution in [0.3, 0.4) is 0 Å². The molecule has 0 aromatic heterocycles. The zero-order chi connectivity index (χ0) is 15.9. The molecule has 0 aliphatic carbocycles. The second-order valence-corrected chi connectivity index (χ2v) is 7.60. The van der Waals surface area contributed by atoms with Gasteiger partial charge in [0.05, 0.1) is 6.54 Å². The Bertz CT molecular complexity index is 520. The second-order valence-electron chi connectivity index (χ2n) is 6.38. The summed E-state index contributed by atoms with van der Waals surface area (Å²) in [6, 6.07) is 8.69. The molecule has 4 nitrogen and oxygen atoms in total. The van der Waals surface area contributed by atoms with Crippen molar-refractivity contribution in [1.29, 1.82) is 0 Å². The van der Waals surface area contributed by atoms with Crippen molar-refractivity contribution in [3.8, 4) is 0 Å². The van der Waals surface area contributed by atoms with Crippen molar-refractivity contribution in [1.82, 2.24) is 9.80 Å². The molecule has 0 bridgehead atoms. The number of nitrogens with zero attached hydrogens (tertiary/aromatic N) is 3. The number of hydrogen-bond donors (Lipinski definition) is 1.